The number of amides is 1. The van der Waals surface area contributed by atoms with Crippen LogP contribution in [0.3, 0.4) is 0 Å². The molecule has 0 aromatic heterocycles. The Bertz CT molecular complexity index is 426. The van der Waals surface area contributed by atoms with Crippen LogP contribution in [-0.2, 0) is 17.8 Å². The fourth-order valence-electron chi connectivity index (χ4n) is 2.23. The van der Waals surface area contributed by atoms with Crippen molar-refractivity contribution < 1.29 is 9.90 Å². The van der Waals surface area contributed by atoms with E-state index in [4.69, 9.17) is 0 Å². The smallest absolute Gasteiger partial charge is 0.223 e. The van der Waals surface area contributed by atoms with Gasteiger partial charge in [-0.3, -0.25) is 4.79 Å². The van der Waals surface area contributed by atoms with Gasteiger partial charge in [0.15, 0.2) is 0 Å². The van der Waals surface area contributed by atoms with Gasteiger partial charge in [-0.1, -0.05) is 19.9 Å². The molecule has 1 aliphatic rings. The van der Waals surface area contributed by atoms with Crippen LogP contribution >= 0.6 is 0 Å². The van der Waals surface area contributed by atoms with Crippen LogP contribution in [0.25, 0.3) is 0 Å². The highest BCUT2D eigenvalue weighted by Gasteiger charge is 2.21. The second kappa shape index (κ2) is 4.78. The van der Waals surface area contributed by atoms with Gasteiger partial charge in [0.1, 0.15) is 5.75 Å². The van der Waals surface area contributed by atoms with Crippen LogP contribution in [0, 0.1) is 5.92 Å². The van der Waals surface area contributed by atoms with Gasteiger partial charge in [-0.25, -0.2) is 0 Å². The Morgan fingerprint density at radius 2 is 2.18 bits per heavy atom. The lowest BCUT2D eigenvalue weighted by atomic mass is 9.98. The first-order chi connectivity index (χ1) is 8.06. The maximum atomic E-state index is 12.0. The van der Waals surface area contributed by atoms with Gasteiger partial charge in [0, 0.05) is 19.5 Å². The molecule has 1 aliphatic heterocycles. The number of carbonyl (C=O) groups is 1. The summed E-state index contributed by atoms with van der Waals surface area (Å²) in [6.07, 6.45) is 1.49. The summed E-state index contributed by atoms with van der Waals surface area (Å²) < 4.78 is 0. The monoisotopic (exact) mass is 233 g/mol. The number of phenols is 1. The first kappa shape index (κ1) is 12.0. The molecule has 0 bridgehead atoms. The molecule has 1 aromatic rings. The van der Waals surface area contributed by atoms with Crippen LogP contribution in [-0.4, -0.2) is 22.5 Å². The van der Waals surface area contributed by atoms with Crippen molar-refractivity contribution in [1.29, 1.82) is 0 Å². The van der Waals surface area contributed by atoms with Crippen molar-refractivity contribution >= 4 is 5.91 Å². The Balaban J connectivity index is 2.10. The molecule has 17 heavy (non-hydrogen) atoms. The molecule has 1 amide bonds. The van der Waals surface area contributed by atoms with Crippen LogP contribution in [0.5, 0.6) is 5.75 Å². The van der Waals surface area contributed by atoms with Gasteiger partial charge in [0.25, 0.3) is 0 Å². The zero-order valence-corrected chi connectivity index (χ0v) is 10.4. The summed E-state index contributed by atoms with van der Waals surface area (Å²) in [4.78, 5) is 13.9. The molecule has 0 fully saturated rings. The lowest BCUT2D eigenvalue weighted by molar-refractivity contribution is -0.132. The first-order valence-electron chi connectivity index (χ1n) is 6.15. The molecular formula is C14H19NO2. The van der Waals surface area contributed by atoms with Crippen LogP contribution in [0.1, 0.15) is 31.4 Å². The lowest BCUT2D eigenvalue weighted by Gasteiger charge is -2.29. The van der Waals surface area contributed by atoms with Crippen LogP contribution in [0.2, 0.25) is 0 Å². The molecule has 1 aromatic carbocycles. The Morgan fingerprint density at radius 3 is 2.88 bits per heavy atom. The van der Waals surface area contributed by atoms with Gasteiger partial charge < -0.3 is 10.0 Å². The molecule has 0 atom stereocenters. The Hall–Kier alpha value is -1.51. The maximum absolute atomic E-state index is 12.0. The Labute approximate surface area is 102 Å². The molecule has 3 nitrogen and oxygen atoms in total. The third-order valence-corrected chi connectivity index (χ3v) is 3.14. The van der Waals surface area contributed by atoms with Crippen molar-refractivity contribution in [1.82, 2.24) is 4.90 Å². The average Bonchev–Trinajstić information content (AvgIpc) is 2.27. The molecular weight excluding hydrogens is 214 g/mol. The van der Waals surface area contributed by atoms with E-state index >= 15 is 0 Å². The highest BCUT2D eigenvalue weighted by molar-refractivity contribution is 5.76. The predicted octanol–water partition coefficient (Wildman–Crippen LogP) is 2.32. The number of phenolic OH excluding ortho intramolecular Hbond substituents is 1. The molecule has 0 radical (unpaired) electrons. The van der Waals surface area contributed by atoms with Gasteiger partial charge in [-0.2, -0.15) is 0 Å². The highest BCUT2D eigenvalue weighted by atomic mass is 16.3. The summed E-state index contributed by atoms with van der Waals surface area (Å²) in [6.45, 7) is 5.54. The van der Waals surface area contributed by atoms with Crippen LogP contribution in [0.4, 0.5) is 0 Å². The topological polar surface area (TPSA) is 40.5 Å². The number of carbonyl (C=O) groups excluding carboxylic acids is 1. The quantitative estimate of drug-likeness (QED) is 0.851. The van der Waals surface area contributed by atoms with Crippen molar-refractivity contribution in [2.45, 2.75) is 33.2 Å². The van der Waals surface area contributed by atoms with E-state index in [1.54, 1.807) is 12.1 Å². The fraction of sp³-hybridized carbons (Fsp3) is 0.500. The number of hydrogen-bond donors (Lipinski definition) is 1. The second-order valence-electron chi connectivity index (χ2n) is 5.12. The standard InChI is InChI=1S/C14H19NO2/c1-10(2)7-14(17)15-6-5-11-3-4-13(16)8-12(11)9-15/h3-4,8,10,16H,5-7,9H2,1-2H3. The SMILES string of the molecule is CC(C)CC(=O)N1CCc2ccc(O)cc2C1. The lowest BCUT2D eigenvalue weighted by Crippen LogP contribution is -2.36. The summed E-state index contributed by atoms with van der Waals surface area (Å²) in [5.41, 5.74) is 2.32. The van der Waals surface area contributed by atoms with Crippen molar-refractivity contribution in [3.8, 4) is 5.75 Å². The van der Waals surface area contributed by atoms with Crippen LogP contribution in [0.15, 0.2) is 18.2 Å². The minimum atomic E-state index is 0.217. The summed E-state index contributed by atoms with van der Waals surface area (Å²) >= 11 is 0. The van der Waals surface area contributed by atoms with Crippen LogP contribution < -0.4 is 0 Å². The highest BCUT2D eigenvalue weighted by Crippen LogP contribution is 2.23. The zero-order valence-electron chi connectivity index (χ0n) is 10.4. The van der Waals surface area contributed by atoms with Crippen molar-refractivity contribution in [2.24, 2.45) is 5.92 Å². The van der Waals surface area contributed by atoms with Crippen molar-refractivity contribution in [3.63, 3.8) is 0 Å². The van der Waals surface area contributed by atoms with Gasteiger partial charge in [-0.15, -0.1) is 0 Å². The number of aromatic hydroxyl groups is 1. The van der Waals surface area contributed by atoms with E-state index in [-0.39, 0.29) is 11.7 Å². The van der Waals surface area contributed by atoms with E-state index in [2.05, 4.69) is 13.8 Å². The minimum Gasteiger partial charge on any atom is -0.508 e. The third-order valence-electron chi connectivity index (χ3n) is 3.14. The average molecular weight is 233 g/mol. The van der Waals surface area contributed by atoms with E-state index in [9.17, 15) is 9.90 Å². The Kier molecular flexibility index (Phi) is 3.36. The normalized spacial score (nSPS) is 14.9. The molecule has 3 heteroatoms. The summed E-state index contributed by atoms with van der Waals surface area (Å²) in [7, 11) is 0. The molecule has 2 rings (SSSR count). The molecule has 1 N–H and O–H groups in total. The van der Waals surface area contributed by atoms with E-state index < -0.39 is 0 Å². The number of hydrogen-bond acceptors (Lipinski definition) is 2. The van der Waals surface area contributed by atoms with E-state index in [0.29, 0.717) is 18.9 Å². The summed E-state index contributed by atoms with van der Waals surface area (Å²) in [5.74, 6) is 0.893. The summed E-state index contributed by atoms with van der Waals surface area (Å²) in [6, 6.07) is 5.43. The molecule has 92 valence electrons. The van der Waals surface area contributed by atoms with Gasteiger partial charge in [-0.05, 0) is 35.6 Å². The second-order valence-corrected chi connectivity index (χ2v) is 5.12. The largest absolute Gasteiger partial charge is 0.508 e. The van der Waals surface area contributed by atoms with E-state index in [1.165, 1.54) is 5.56 Å². The summed E-state index contributed by atoms with van der Waals surface area (Å²) in [5, 5.41) is 9.46. The van der Waals surface area contributed by atoms with Gasteiger partial charge >= 0.3 is 0 Å². The minimum absolute atomic E-state index is 0.217. The van der Waals surface area contributed by atoms with E-state index in [1.807, 2.05) is 11.0 Å². The number of fused-ring (bicyclic) bond motifs is 1. The Morgan fingerprint density at radius 1 is 1.41 bits per heavy atom. The molecule has 0 spiro atoms. The number of nitrogens with zero attached hydrogens (tertiary/aromatic N) is 1. The third kappa shape index (κ3) is 2.78. The maximum Gasteiger partial charge on any atom is 0.223 e. The van der Waals surface area contributed by atoms with Crippen molar-refractivity contribution in [3.05, 3.63) is 29.3 Å². The van der Waals surface area contributed by atoms with Gasteiger partial charge in [0.2, 0.25) is 5.91 Å². The number of rotatable bonds is 2. The molecule has 0 aliphatic carbocycles. The molecule has 0 saturated carbocycles. The van der Waals surface area contributed by atoms with E-state index in [0.717, 1.165) is 18.5 Å². The molecule has 1 heterocycles. The van der Waals surface area contributed by atoms with Crippen molar-refractivity contribution in [2.75, 3.05) is 6.54 Å². The predicted molar refractivity (Wildman–Crippen MR) is 66.7 cm³/mol. The first-order valence-corrected chi connectivity index (χ1v) is 6.15. The molecule has 0 saturated heterocycles. The zero-order chi connectivity index (χ0) is 12.4. The number of benzene rings is 1. The molecule has 0 unspecified atom stereocenters. The fourth-order valence-corrected chi connectivity index (χ4v) is 2.23. The van der Waals surface area contributed by atoms with Gasteiger partial charge in [0.05, 0.1) is 0 Å².